The third-order valence-electron chi connectivity index (χ3n) is 1.28. The van der Waals surface area contributed by atoms with Crippen molar-refractivity contribution in [3.63, 3.8) is 0 Å². The molecule has 0 spiro atoms. The van der Waals surface area contributed by atoms with Gasteiger partial charge < -0.3 is 0 Å². The summed E-state index contributed by atoms with van der Waals surface area (Å²) in [5.74, 6) is 0. The first-order valence-corrected chi connectivity index (χ1v) is 4.17. The second kappa shape index (κ2) is 5.36. The molecule has 0 aliphatic heterocycles. The summed E-state index contributed by atoms with van der Waals surface area (Å²) in [5, 5.41) is 1.10. The smallest absolute Gasteiger partial charge is 0.00685 e. The van der Waals surface area contributed by atoms with Crippen LogP contribution < -0.4 is 0 Å². The molecular weight excluding hydrogens is 164 g/mol. The molecule has 0 heterocycles. The molecule has 0 nitrogen and oxygen atoms in total. The number of hydrogen-bond acceptors (Lipinski definition) is 0. The highest BCUT2D eigenvalue weighted by atomic mass is 79.9. The minimum atomic E-state index is 1.10. The Hall–Kier alpha value is 0.220. The van der Waals surface area contributed by atoms with Crippen molar-refractivity contribution >= 4 is 15.9 Å². The Bertz CT molecular complexity index is 74.5. The molecule has 1 heteroatoms. The quantitative estimate of drug-likeness (QED) is 0.459. The monoisotopic (exact) mass is 176 g/mol. The molecule has 0 aromatic heterocycles. The van der Waals surface area contributed by atoms with Gasteiger partial charge in [-0.1, -0.05) is 34.5 Å². The van der Waals surface area contributed by atoms with Crippen LogP contribution in [0.3, 0.4) is 0 Å². The van der Waals surface area contributed by atoms with Crippen LogP contribution >= 0.6 is 15.9 Å². The van der Waals surface area contributed by atoms with Crippen molar-refractivity contribution in [2.45, 2.75) is 26.7 Å². The molecule has 0 saturated heterocycles. The van der Waals surface area contributed by atoms with E-state index in [0.29, 0.717) is 0 Å². The lowest BCUT2D eigenvalue weighted by Gasteiger charge is -1.96. The van der Waals surface area contributed by atoms with Crippen LogP contribution in [0.5, 0.6) is 0 Å². The lowest BCUT2D eigenvalue weighted by molar-refractivity contribution is 0.985. The van der Waals surface area contributed by atoms with Gasteiger partial charge in [0.15, 0.2) is 0 Å². The lowest BCUT2D eigenvalue weighted by atomic mass is 10.1. The zero-order chi connectivity index (χ0) is 6.41. The van der Waals surface area contributed by atoms with Gasteiger partial charge in [-0.15, -0.1) is 0 Å². The SMILES string of the molecule is C/C=C(\CC)CCBr. The summed E-state index contributed by atoms with van der Waals surface area (Å²) in [6, 6.07) is 0. The molecule has 0 aliphatic rings. The average molecular weight is 177 g/mol. The fourth-order valence-electron chi connectivity index (χ4n) is 0.647. The van der Waals surface area contributed by atoms with Crippen LogP contribution in [-0.4, -0.2) is 5.33 Å². The number of alkyl halides is 1. The summed E-state index contributed by atoms with van der Waals surface area (Å²) in [7, 11) is 0. The van der Waals surface area contributed by atoms with Crippen LogP contribution in [0.4, 0.5) is 0 Å². The van der Waals surface area contributed by atoms with Crippen molar-refractivity contribution in [1.29, 1.82) is 0 Å². The fraction of sp³-hybridized carbons (Fsp3) is 0.714. The normalized spacial score (nSPS) is 12.1. The summed E-state index contributed by atoms with van der Waals surface area (Å²) < 4.78 is 0. The van der Waals surface area contributed by atoms with Gasteiger partial charge in [0, 0.05) is 5.33 Å². The highest BCUT2D eigenvalue weighted by molar-refractivity contribution is 9.09. The Kier molecular flexibility index (Phi) is 5.51. The van der Waals surface area contributed by atoms with E-state index in [1.807, 2.05) is 0 Å². The Labute approximate surface area is 60.1 Å². The third kappa shape index (κ3) is 3.25. The van der Waals surface area contributed by atoms with Gasteiger partial charge in [0.05, 0.1) is 0 Å². The highest BCUT2D eigenvalue weighted by Crippen LogP contribution is 2.06. The Morgan fingerprint density at radius 1 is 1.62 bits per heavy atom. The first-order valence-electron chi connectivity index (χ1n) is 3.05. The highest BCUT2D eigenvalue weighted by Gasteiger charge is 1.87. The Balaban J connectivity index is 3.38. The predicted molar refractivity (Wildman–Crippen MR) is 42.5 cm³/mol. The third-order valence-corrected chi connectivity index (χ3v) is 1.67. The van der Waals surface area contributed by atoms with Gasteiger partial charge in [-0.2, -0.15) is 0 Å². The van der Waals surface area contributed by atoms with Gasteiger partial charge in [-0.05, 0) is 19.8 Å². The van der Waals surface area contributed by atoms with Gasteiger partial charge in [0.2, 0.25) is 0 Å². The van der Waals surface area contributed by atoms with Gasteiger partial charge >= 0.3 is 0 Å². The maximum absolute atomic E-state index is 3.39. The first-order chi connectivity index (χ1) is 3.85. The number of hydrogen-bond donors (Lipinski definition) is 0. The van der Waals surface area contributed by atoms with E-state index in [1.54, 1.807) is 5.57 Å². The van der Waals surface area contributed by atoms with Crippen molar-refractivity contribution in [3.8, 4) is 0 Å². The van der Waals surface area contributed by atoms with Crippen molar-refractivity contribution in [2.75, 3.05) is 5.33 Å². The second-order valence-corrected chi connectivity index (χ2v) is 2.53. The van der Waals surface area contributed by atoms with Crippen LogP contribution in [0.1, 0.15) is 26.7 Å². The van der Waals surface area contributed by atoms with Crippen molar-refractivity contribution in [2.24, 2.45) is 0 Å². The molecule has 8 heavy (non-hydrogen) atoms. The van der Waals surface area contributed by atoms with Crippen molar-refractivity contribution in [3.05, 3.63) is 11.6 Å². The molecule has 0 bridgehead atoms. The molecule has 0 radical (unpaired) electrons. The standard InChI is InChI=1S/C7H13Br/c1-3-7(4-2)5-6-8/h3H,4-6H2,1-2H3/b7-3+. The Morgan fingerprint density at radius 2 is 2.25 bits per heavy atom. The van der Waals surface area contributed by atoms with E-state index >= 15 is 0 Å². The zero-order valence-electron chi connectivity index (χ0n) is 5.58. The number of halogens is 1. The van der Waals surface area contributed by atoms with Crippen LogP contribution in [0.15, 0.2) is 11.6 Å². The van der Waals surface area contributed by atoms with Crippen molar-refractivity contribution < 1.29 is 0 Å². The van der Waals surface area contributed by atoms with Gasteiger partial charge in [-0.3, -0.25) is 0 Å². The number of allylic oxidation sites excluding steroid dienone is 2. The van der Waals surface area contributed by atoms with Crippen LogP contribution in [-0.2, 0) is 0 Å². The summed E-state index contributed by atoms with van der Waals surface area (Å²) in [6.07, 6.45) is 4.59. The van der Waals surface area contributed by atoms with Gasteiger partial charge in [-0.25, -0.2) is 0 Å². The molecule has 0 saturated carbocycles. The molecule has 0 amide bonds. The van der Waals surface area contributed by atoms with Crippen molar-refractivity contribution in [1.82, 2.24) is 0 Å². The average Bonchev–Trinajstić information content (AvgIpc) is 1.83. The molecule has 0 unspecified atom stereocenters. The molecule has 0 aromatic carbocycles. The van der Waals surface area contributed by atoms with E-state index < -0.39 is 0 Å². The molecule has 0 N–H and O–H groups in total. The molecule has 0 aromatic rings. The second-order valence-electron chi connectivity index (χ2n) is 1.74. The summed E-state index contributed by atoms with van der Waals surface area (Å²) in [6.45, 7) is 4.29. The molecule has 48 valence electrons. The fourth-order valence-corrected chi connectivity index (χ4v) is 1.16. The predicted octanol–water partition coefficient (Wildman–Crippen LogP) is 3.13. The van der Waals surface area contributed by atoms with Crippen LogP contribution in [0.25, 0.3) is 0 Å². The molecule has 0 fully saturated rings. The van der Waals surface area contributed by atoms with E-state index in [9.17, 15) is 0 Å². The maximum Gasteiger partial charge on any atom is 0.00685 e. The van der Waals surface area contributed by atoms with Crippen LogP contribution in [0.2, 0.25) is 0 Å². The van der Waals surface area contributed by atoms with E-state index in [2.05, 4.69) is 35.9 Å². The zero-order valence-corrected chi connectivity index (χ0v) is 7.16. The van der Waals surface area contributed by atoms with E-state index in [4.69, 9.17) is 0 Å². The topological polar surface area (TPSA) is 0 Å². The minimum Gasteiger partial charge on any atom is -0.0925 e. The summed E-state index contributed by atoms with van der Waals surface area (Å²) >= 11 is 3.39. The summed E-state index contributed by atoms with van der Waals surface area (Å²) in [4.78, 5) is 0. The maximum atomic E-state index is 3.39. The first kappa shape index (κ1) is 8.22. The van der Waals surface area contributed by atoms with Gasteiger partial charge in [0.1, 0.15) is 0 Å². The molecule has 0 atom stereocenters. The van der Waals surface area contributed by atoms with E-state index in [1.165, 1.54) is 12.8 Å². The molecular formula is C7H13Br. The van der Waals surface area contributed by atoms with Gasteiger partial charge in [0.25, 0.3) is 0 Å². The summed E-state index contributed by atoms with van der Waals surface area (Å²) in [5.41, 5.74) is 1.54. The van der Waals surface area contributed by atoms with E-state index in [-0.39, 0.29) is 0 Å². The minimum absolute atomic E-state index is 1.10. The van der Waals surface area contributed by atoms with Crippen LogP contribution in [0, 0.1) is 0 Å². The van der Waals surface area contributed by atoms with E-state index in [0.717, 1.165) is 5.33 Å². The largest absolute Gasteiger partial charge is 0.0925 e. The number of rotatable bonds is 3. The molecule has 0 rings (SSSR count). The Morgan fingerprint density at radius 3 is 2.38 bits per heavy atom. The lowest BCUT2D eigenvalue weighted by Crippen LogP contribution is -1.79. The molecule has 0 aliphatic carbocycles.